The second-order valence-corrected chi connectivity index (χ2v) is 4.37. The summed E-state index contributed by atoms with van der Waals surface area (Å²) in [5, 5.41) is 7.65. The lowest BCUT2D eigenvalue weighted by molar-refractivity contribution is 0.100. The first-order valence-electron chi connectivity index (χ1n) is 6.00. The minimum absolute atomic E-state index is 0.0144. The van der Waals surface area contributed by atoms with Crippen LogP contribution in [0, 0.1) is 0 Å². The maximum atomic E-state index is 11.3. The van der Waals surface area contributed by atoms with E-state index in [0.717, 1.165) is 24.5 Å². The first kappa shape index (κ1) is 11.1. The molecule has 0 fully saturated rings. The van der Waals surface area contributed by atoms with Crippen molar-refractivity contribution in [1.82, 2.24) is 20.1 Å². The Morgan fingerprint density at radius 2 is 2.17 bits per heavy atom. The molecule has 5 heteroatoms. The summed E-state index contributed by atoms with van der Waals surface area (Å²) in [5.74, 6) is 1.02. The summed E-state index contributed by atoms with van der Waals surface area (Å²) in [6.45, 7) is 3.07. The topological polar surface area (TPSA) is 59.8 Å². The van der Waals surface area contributed by atoms with Gasteiger partial charge < -0.3 is 5.32 Å². The van der Waals surface area contributed by atoms with Gasteiger partial charge in [0, 0.05) is 13.5 Å². The molecular formula is C13H14N4O. The van der Waals surface area contributed by atoms with Crippen LogP contribution in [-0.4, -0.2) is 27.1 Å². The number of ketones is 1. The van der Waals surface area contributed by atoms with Gasteiger partial charge in [-0.2, -0.15) is 0 Å². The van der Waals surface area contributed by atoms with E-state index in [1.807, 2.05) is 22.9 Å². The third-order valence-electron chi connectivity index (χ3n) is 3.08. The molecule has 0 saturated carbocycles. The first-order valence-corrected chi connectivity index (χ1v) is 6.00. The zero-order valence-corrected chi connectivity index (χ0v) is 10.1. The van der Waals surface area contributed by atoms with Crippen molar-refractivity contribution in [3.63, 3.8) is 0 Å². The van der Waals surface area contributed by atoms with Crippen molar-refractivity contribution < 1.29 is 4.79 Å². The molecule has 0 unspecified atom stereocenters. The third kappa shape index (κ3) is 1.82. The smallest absolute Gasteiger partial charge is 0.217 e. The van der Waals surface area contributed by atoms with Gasteiger partial charge in [0.2, 0.25) is 5.82 Å². The Kier molecular flexibility index (Phi) is 2.68. The molecule has 0 aliphatic carbocycles. The summed E-state index contributed by atoms with van der Waals surface area (Å²) in [7, 11) is 0. The van der Waals surface area contributed by atoms with Crippen molar-refractivity contribution in [2.45, 2.75) is 19.5 Å². The fraction of sp³-hybridized carbons (Fsp3) is 0.308. The molecule has 1 N–H and O–H groups in total. The first-order chi connectivity index (χ1) is 8.75. The van der Waals surface area contributed by atoms with E-state index in [1.165, 1.54) is 6.92 Å². The van der Waals surface area contributed by atoms with Gasteiger partial charge in [0.1, 0.15) is 5.82 Å². The molecule has 0 radical (unpaired) electrons. The quantitative estimate of drug-likeness (QED) is 0.803. The van der Waals surface area contributed by atoms with Crippen molar-refractivity contribution >= 4 is 5.78 Å². The maximum Gasteiger partial charge on any atom is 0.217 e. The lowest BCUT2D eigenvalue weighted by atomic mass is 10.1. The van der Waals surface area contributed by atoms with Gasteiger partial charge in [0.25, 0.3) is 0 Å². The Hall–Kier alpha value is -2.01. The average Bonchev–Trinajstić information content (AvgIpc) is 2.83. The van der Waals surface area contributed by atoms with Crippen LogP contribution in [0.2, 0.25) is 0 Å². The highest BCUT2D eigenvalue weighted by Gasteiger charge is 2.25. The molecule has 0 saturated heterocycles. The van der Waals surface area contributed by atoms with Gasteiger partial charge in [-0.25, -0.2) is 9.67 Å². The van der Waals surface area contributed by atoms with E-state index in [1.54, 1.807) is 0 Å². The van der Waals surface area contributed by atoms with Crippen LogP contribution in [0.1, 0.15) is 35.0 Å². The average molecular weight is 242 g/mol. The predicted octanol–water partition coefficient (Wildman–Crippen LogP) is 1.17. The molecule has 18 heavy (non-hydrogen) atoms. The predicted molar refractivity (Wildman–Crippen MR) is 66.3 cm³/mol. The van der Waals surface area contributed by atoms with Crippen molar-refractivity contribution in [2.75, 3.05) is 6.54 Å². The summed E-state index contributed by atoms with van der Waals surface area (Å²) in [6, 6.07) is 10.1. The molecular weight excluding hydrogens is 228 g/mol. The second kappa shape index (κ2) is 4.34. The highest BCUT2D eigenvalue weighted by atomic mass is 16.1. The van der Waals surface area contributed by atoms with Crippen LogP contribution >= 0.6 is 0 Å². The van der Waals surface area contributed by atoms with Crippen molar-refractivity contribution in [3.05, 3.63) is 47.5 Å². The number of carbonyl (C=O) groups excluding carboxylic acids is 1. The van der Waals surface area contributed by atoms with E-state index >= 15 is 0 Å². The Balaban J connectivity index is 2.04. The summed E-state index contributed by atoms with van der Waals surface area (Å²) in [6.07, 6.45) is 0. The van der Waals surface area contributed by atoms with Gasteiger partial charge in [-0.05, 0) is 5.56 Å². The molecule has 3 rings (SSSR count). The fourth-order valence-electron chi connectivity index (χ4n) is 2.20. The number of hydrogen-bond donors (Lipinski definition) is 1. The number of benzene rings is 1. The largest absolute Gasteiger partial charge is 0.302 e. The molecule has 1 aliphatic heterocycles. The van der Waals surface area contributed by atoms with Crippen LogP contribution in [0.15, 0.2) is 30.3 Å². The van der Waals surface area contributed by atoms with Gasteiger partial charge in [0.15, 0.2) is 5.78 Å². The molecule has 2 aromatic rings. The Bertz CT molecular complexity index is 576. The van der Waals surface area contributed by atoms with Crippen LogP contribution in [-0.2, 0) is 6.54 Å². The number of rotatable bonds is 2. The Morgan fingerprint density at radius 3 is 2.89 bits per heavy atom. The van der Waals surface area contributed by atoms with Gasteiger partial charge in [0.05, 0.1) is 12.6 Å². The summed E-state index contributed by atoms with van der Waals surface area (Å²) in [4.78, 5) is 15.7. The molecule has 1 aromatic carbocycles. The zero-order chi connectivity index (χ0) is 12.5. The molecule has 5 nitrogen and oxygen atoms in total. The lowest BCUT2D eigenvalue weighted by Crippen LogP contribution is -2.34. The molecule has 2 heterocycles. The molecule has 92 valence electrons. The van der Waals surface area contributed by atoms with E-state index in [-0.39, 0.29) is 11.8 Å². The molecule has 0 spiro atoms. The summed E-state index contributed by atoms with van der Waals surface area (Å²) in [5.41, 5.74) is 1.14. The van der Waals surface area contributed by atoms with Gasteiger partial charge in [-0.15, -0.1) is 5.10 Å². The zero-order valence-electron chi connectivity index (χ0n) is 10.1. The number of nitrogens with one attached hydrogen (secondary N) is 1. The van der Waals surface area contributed by atoms with Crippen LogP contribution in [0.25, 0.3) is 0 Å². The van der Waals surface area contributed by atoms with Crippen LogP contribution in [0.3, 0.4) is 0 Å². The van der Waals surface area contributed by atoms with E-state index in [4.69, 9.17) is 0 Å². The van der Waals surface area contributed by atoms with Crippen molar-refractivity contribution in [2.24, 2.45) is 0 Å². The van der Waals surface area contributed by atoms with Crippen LogP contribution < -0.4 is 5.32 Å². The van der Waals surface area contributed by atoms with Crippen molar-refractivity contribution in [3.8, 4) is 0 Å². The standard InChI is InChI=1S/C13H14N4O/c1-9(18)12-15-13-11(10-5-3-2-4-6-10)14-7-8-17(13)16-12/h2-6,11,14H,7-8H2,1H3/t11-/m1/s1. The molecule has 1 aromatic heterocycles. The minimum atomic E-state index is -0.0938. The molecule has 0 bridgehead atoms. The molecule has 1 aliphatic rings. The van der Waals surface area contributed by atoms with E-state index in [2.05, 4.69) is 27.5 Å². The molecule has 0 amide bonds. The van der Waals surface area contributed by atoms with E-state index < -0.39 is 0 Å². The summed E-state index contributed by atoms with van der Waals surface area (Å²) < 4.78 is 1.82. The second-order valence-electron chi connectivity index (χ2n) is 4.37. The third-order valence-corrected chi connectivity index (χ3v) is 3.08. The minimum Gasteiger partial charge on any atom is -0.302 e. The molecule has 1 atom stereocenters. The van der Waals surface area contributed by atoms with Crippen LogP contribution in [0.5, 0.6) is 0 Å². The van der Waals surface area contributed by atoms with E-state index in [9.17, 15) is 4.79 Å². The van der Waals surface area contributed by atoms with Crippen LogP contribution in [0.4, 0.5) is 0 Å². The highest BCUT2D eigenvalue weighted by molar-refractivity contribution is 5.90. The SMILES string of the molecule is CC(=O)c1nc2n(n1)CCN[C@@H]2c1ccccc1. The number of hydrogen-bond acceptors (Lipinski definition) is 4. The number of carbonyl (C=O) groups is 1. The number of aromatic nitrogens is 3. The van der Waals surface area contributed by atoms with E-state index in [0.29, 0.717) is 5.82 Å². The Morgan fingerprint density at radius 1 is 1.39 bits per heavy atom. The maximum absolute atomic E-state index is 11.3. The number of nitrogens with zero attached hydrogens (tertiary/aromatic N) is 3. The number of Topliss-reactive ketones (excluding diaryl/α,β-unsaturated/α-hetero) is 1. The normalized spacial score (nSPS) is 18.4. The van der Waals surface area contributed by atoms with Gasteiger partial charge >= 0.3 is 0 Å². The lowest BCUT2D eigenvalue weighted by Gasteiger charge is -2.23. The highest BCUT2D eigenvalue weighted by Crippen LogP contribution is 2.22. The van der Waals surface area contributed by atoms with Crippen molar-refractivity contribution in [1.29, 1.82) is 0 Å². The monoisotopic (exact) mass is 242 g/mol. The fourth-order valence-corrected chi connectivity index (χ4v) is 2.20. The van der Waals surface area contributed by atoms with Gasteiger partial charge in [-0.3, -0.25) is 4.79 Å². The summed E-state index contributed by atoms with van der Waals surface area (Å²) >= 11 is 0. The Labute approximate surface area is 105 Å². The number of fused-ring (bicyclic) bond motifs is 1. The van der Waals surface area contributed by atoms with Gasteiger partial charge in [-0.1, -0.05) is 30.3 Å².